The van der Waals surface area contributed by atoms with Gasteiger partial charge in [-0.05, 0) is 50.5 Å². The summed E-state index contributed by atoms with van der Waals surface area (Å²) >= 11 is 0. The molecule has 1 aromatic carbocycles. The molecule has 20 heavy (non-hydrogen) atoms. The lowest BCUT2D eigenvalue weighted by molar-refractivity contribution is 0.318. The zero-order chi connectivity index (χ0) is 14.9. The van der Waals surface area contributed by atoms with Gasteiger partial charge in [0.05, 0.1) is 11.4 Å². The van der Waals surface area contributed by atoms with E-state index >= 15 is 0 Å². The molecule has 5 heteroatoms. The van der Waals surface area contributed by atoms with Crippen LogP contribution in [-0.2, 0) is 6.42 Å². The molecule has 5 nitrogen and oxygen atoms in total. The van der Waals surface area contributed by atoms with Crippen LogP contribution in [0.1, 0.15) is 35.0 Å². The van der Waals surface area contributed by atoms with Crippen molar-refractivity contribution in [3.63, 3.8) is 0 Å². The van der Waals surface area contributed by atoms with Crippen LogP contribution in [0.15, 0.2) is 23.4 Å². The average Bonchev–Trinajstić information content (AvgIpc) is 2.72. The smallest absolute Gasteiger partial charge is 0.172 e. The Hall–Kier alpha value is -2.30. The van der Waals surface area contributed by atoms with E-state index in [-0.39, 0.29) is 5.84 Å². The maximum atomic E-state index is 8.94. The molecule has 0 spiro atoms. The summed E-state index contributed by atoms with van der Waals surface area (Å²) in [6.07, 6.45) is 0.933. The van der Waals surface area contributed by atoms with Gasteiger partial charge in [0.1, 0.15) is 0 Å². The van der Waals surface area contributed by atoms with Gasteiger partial charge < -0.3 is 10.9 Å². The second kappa shape index (κ2) is 5.36. The van der Waals surface area contributed by atoms with Gasteiger partial charge in [0.25, 0.3) is 0 Å². The molecule has 0 aliphatic heterocycles. The summed E-state index contributed by atoms with van der Waals surface area (Å²) in [5, 5.41) is 16.6. The molecule has 0 saturated carbocycles. The van der Waals surface area contributed by atoms with Crippen LogP contribution in [0.2, 0.25) is 0 Å². The van der Waals surface area contributed by atoms with E-state index in [1.165, 1.54) is 5.56 Å². The Morgan fingerprint density at radius 3 is 2.60 bits per heavy atom. The van der Waals surface area contributed by atoms with Crippen LogP contribution in [0, 0.1) is 20.8 Å². The molecule has 0 unspecified atom stereocenters. The first-order valence-electron chi connectivity index (χ1n) is 6.63. The molecule has 0 amide bonds. The van der Waals surface area contributed by atoms with E-state index in [1.807, 2.05) is 43.7 Å². The van der Waals surface area contributed by atoms with Gasteiger partial charge in [0.2, 0.25) is 0 Å². The standard InChI is InChI=1S/C15H20N4O/c1-5-12-10(3)17-19(11(12)4)14-8-9(2)6-7-13(14)15(16)18-20/h6-8,20H,5H2,1-4H3,(H2,16,18). The zero-order valence-electron chi connectivity index (χ0n) is 12.3. The molecule has 2 rings (SSSR count). The Morgan fingerprint density at radius 1 is 1.35 bits per heavy atom. The lowest BCUT2D eigenvalue weighted by Crippen LogP contribution is -2.17. The molecule has 0 saturated heterocycles. The number of aryl methyl sites for hydroxylation is 2. The van der Waals surface area contributed by atoms with Gasteiger partial charge in [-0.25, -0.2) is 4.68 Å². The molecule has 1 heterocycles. The SMILES string of the molecule is CCc1c(C)nn(-c2cc(C)ccc2C(N)=NO)c1C. The lowest BCUT2D eigenvalue weighted by Gasteiger charge is -2.11. The van der Waals surface area contributed by atoms with Crippen molar-refractivity contribution in [1.82, 2.24) is 9.78 Å². The summed E-state index contributed by atoms with van der Waals surface area (Å²) in [5.41, 5.74) is 11.7. The highest BCUT2D eigenvalue weighted by Gasteiger charge is 2.15. The van der Waals surface area contributed by atoms with Crippen LogP contribution in [0.3, 0.4) is 0 Å². The zero-order valence-corrected chi connectivity index (χ0v) is 12.3. The summed E-state index contributed by atoms with van der Waals surface area (Å²) in [4.78, 5) is 0. The Morgan fingerprint density at radius 2 is 2.05 bits per heavy atom. The first-order chi connectivity index (χ1) is 9.49. The molecule has 0 aliphatic rings. The van der Waals surface area contributed by atoms with E-state index in [1.54, 1.807) is 0 Å². The van der Waals surface area contributed by atoms with Crippen molar-refractivity contribution < 1.29 is 5.21 Å². The number of nitrogens with two attached hydrogens (primary N) is 1. The van der Waals surface area contributed by atoms with Gasteiger partial charge in [-0.15, -0.1) is 0 Å². The third-order valence-corrected chi connectivity index (χ3v) is 3.56. The molecule has 0 bridgehead atoms. The third-order valence-electron chi connectivity index (χ3n) is 3.56. The summed E-state index contributed by atoms with van der Waals surface area (Å²) in [6, 6.07) is 5.78. The van der Waals surface area contributed by atoms with Gasteiger partial charge in [0.15, 0.2) is 5.84 Å². The van der Waals surface area contributed by atoms with Gasteiger partial charge in [-0.3, -0.25) is 0 Å². The number of nitrogens with zero attached hydrogens (tertiary/aromatic N) is 3. The van der Waals surface area contributed by atoms with Crippen LogP contribution >= 0.6 is 0 Å². The van der Waals surface area contributed by atoms with Crippen molar-refractivity contribution >= 4 is 5.84 Å². The quantitative estimate of drug-likeness (QED) is 0.390. The predicted molar refractivity (Wildman–Crippen MR) is 79.7 cm³/mol. The van der Waals surface area contributed by atoms with Gasteiger partial charge in [-0.2, -0.15) is 5.10 Å². The normalized spacial score (nSPS) is 11.9. The average molecular weight is 272 g/mol. The first kappa shape index (κ1) is 14.1. The number of amidine groups is 1. The Kier molecular flexibility index (Phi) is 3.79. The molecule has 106 valence electrons. The molecule has 0 aliphatic carbocycles. The second-order valence-electron chi connectivity index (χ2n) is 4.92. The molecule has 2 aromatic rings. The number of hydrogen-bond donors (Lipinski definition) is 2. The highest BCUT2D eigenvalue weighted by Crippen LogP contribution is 2.22. The van der Waals surface area contributed by atoms with E-state index in [9.17, 15) is 0 Å². The number of oxime groups is 1. The maximum Gasteiger partial charge on any atom is 0.172 e. The summed E-state index contributed by atoms with van der Waals surface area (Å²) in [6.45, 7) is 8.16. The van der Waals surface area contributed by atoms with E-state index in [2.05, 4.69) is 17.2 Å². The first-order valence-corrected chi connectivity index (χ1v) is 6.63. The predicted octanol–water partition coefficient (Wildman–Crippen LogP) is 2.45. The van der Waals surface area contributed by atoms with Crippen LogP contribution in [0.25, 0.3) is 5.69 Å². The summed E-state index contributed by atoms with van der Waals surface area (Å²) in [5.74, 6) is 0.0885. The largest absolute Gasteiger partial charge is 0.409 e. The molecule has 0 atom stereocenters. The topological polar surface area (TPSA) is 76.4 Å². The number of rotatable bonds is 3. The van der Waals surface area contributed by atoms with Crippen molar-refractivity contribution in [2.75, 3.05) is 0 Å². The fraction of sp³-hybridized carbons (Fsp3) is 0.333. The van der Waals surface area contributed by atoms with Crippen molar-refractivity contribution in [3.05, 3.63) is 46.3 Å². The summed E-state index contributed by atoms with van der Waals surface area (Å²) in [7, 11) is 0. The van der Waals surface area contributed by atoms with Crippen LogP contribution in [0.5, 0.6) is 0 Å². The van der Waals surface area contributed by atoms with Crippen molar-refractivity contribution in [2.45, 2.75) is 34.1 Å². The Balaban J connectivity index is 2.72. The van der Waals surface area contributed by atoms with Crippen molar-refractivity contribution in [3.8, 4) is 5.69 Å². The second-order valence-corrected chi connectivity index (χ2v) is 4.92. The van der Waals surface area contributed by atoms with Crippen LogP contribution in [0.4, 0.5) is 0 Å². The minimum absolute atomic E-state index is 0.0885. The fourth-order valence-corrected chi connectivity index (χ4v) is 2.51. The van der Waals surface area contributed by atoms with Crippen molar-refractivity contribution in [2.24, 2.45) is 10.9 Å². The molecule has 1 aromatic heterocycles. The van der Waals surface area contributed by atoms with Crippen LogP contribution in [-0.4, -0.2) is 20.8 Å². The Bertz CT molecular complexity index is 671. The number of aromatic nitrogens is 2. The van der Waals surface area contributed by atoms with Gasteiger partial charge >= 0.3 is 0 Å². The summed E-state index contributed by atoms with van der Waals surface area (Å²) < 4.78 is 1.87. The molecule has 0 radical (unpaired) electrons. The van der Waals surface area contributed by atoms with E-state index in [0.717, 1.165) is 29.1 Å². The minimum atomic E-state index is 0.0885. The molecular formula is C15H20N4O. The highest BCUT2D eigenvalue weighted by molar-refractivity contribution is 6.00. The monoisotopic (exact) mass is 272 g/mol. The van der Waals surface area contributed by atoms with Gasteiger partial charge in [-0.1, -0.05) is 18.1 Å². The highest BCUT2D eigenvalue weighted by atomic mass is 16.4. The molecular weight excluding hydrogens is 252 g/mol. The van der Waals surface area contributed by atoms with E-state index in [4.69, 9.17) is 10.9 Å². The maximum absolute atomic E-state index is 8.94. The molecule has 3 N–H and O–H groups in total. The molecule has 0 fully saturated rings. The van der Waals surface area contributed by atoms with Gasteiger partial charge in [0, 0.05) is 11.3 Å². The third kappa shape index (κ3) is 2.27. The van der Waals surface area contributed by atoms with Crippen molar-refractivity contribution in [1.29, 1.82) is 0 Å². The minimum Gasteiger partial charge on any atom is -0.409 e. The van der Waals surface area contributed by atoms with Crippen LogP contribution < -0.4 is 5.73 Å². The number of benzene rings is 1. The number of hydrogen-bond acceptors (Lipinski definition) is 3. The van der Waals surface area contributed by atoms with E-state index in [0.29, 0.717) is 5.56 Å². The van der Waals surface area contributed by atoms with E-state index < -0.39 is 0 Å². The fourth-order valence-electron chi connectivity index (χ4n) is 2.51. The Labute approximate surface area is 118 Å². The lowest BCUT2D eigenvalue weighted by atomic mass is 10.1.